The van der Waals surface area contributed by atoms with E-state index in [0.29, 0.717) is 24.0 Å². The van der Waals surface area contributed by atoms with Gasteiger partial charge in [0, 0.05) is 11.6 Å². The van der Waals surface area contributed by atoms with Crippen LogP contribution in [0.25, 0.3) is 11.1 Å². The molecule has 1 aromatic heterocycles. The summed E-state index contributed by atoms with van der Waals surface area (Å²) in [5, 5.41) is 0. The number of ether oxygens (including phenoxy) is 1. The van der Waals surface area contributed by atoms with Crippen molar-refractivity contribution in [3.8, 4) is 17.0 Å². The molecule has 33 heavy (non-hydrogen) atoms. The second-order valence-corrected chi connectivity index (χ2v) is 9.94. The van der Waals surface area contributed by atoms with Crippen LogP contribution in [0.4, 0.5) is 4.39 Å². The van der Waals surface area contributed by atoms with Crippen LogP contribution in [0.2, 0.25) is 0 Å². The van der Waals surface area contributed by atoms with Crippen LogP contribution in [-0.2, 0) is 0 Å². The number of pyridine rings is 1. The van der Waals surface area contributed by atoms with Crippen LogP contribution in [0.3, 0.4) is 0 Å². The predicted molar refractivity (Wildman–Crippen MR) is 137 cm³/mol. The topological polar surface area (TPSA) is 22.1 Å². The molecule has 1 aromatic carbocycles. The molecule has 0 spiro atoms. The van der Waals surface area contributed by atoms with Gasteiger partial charge in [-0.1, -0.05) is 95.9 Å². The lowest BCUT2D eigenvalue weighted by molar-refractivity contribution is 0.289. The molecular formula is C30H44FNO. The number of hydrogen-bond donors (Lipinski definition) is 0. The third-order valence-corrected chi connectivity index (χ3v) is 7.33. The fraction of sp³-hybridized carbons (Fsp3) is 0.633. The highest BCUT2D eigenvalue weighted by Crippen LogP contribution is 2.38. The maximum absolute atomic E-state index is 14.7. The first-order valence-corrected chi connectivity index (χ1v) is 13.6. The summed E-state index contributed by atoms with van der Waals surface area (Å²) < 4.78 is 20.4. The second kappa shape index (κ2) is 14.4. The van der Waals surface area contributed by atoms with Crippen LogP contribution in [0, 0.1) is 11.9 Å². The molecule has 1 saturated carbocycles. The van der Waals surface area contributed by atoms with Crippen molar-refractivity contribution >= 4 is 0 Å². The summed E-state index contributed by atoms with van der Waals surface area (Å²) >= 11 is 0. The number of benzene rings is 1. The molecular weight excluding hydrogens is 409 g/mol. The number of rotatable bonds is 14. The quantitative estimate of drug-likeness (QED) is 0.210. The van der Waals surface area contributed by atoms with Crippen molar-refractivity contribution in [3.63, 3.8) is 0 Å². The maximum atomic E-state index is 14.7. The average molecular weight is 454 g/mol. The molecule has 3 heteroatoms. The van der Waals surface area contributed by atoms with E-state index in [-0.39, 0.29) is 0 Å². The van der Waals surface area contributed by atoms with Gasteiger partial charge in [-0.3, -0.25) is 0 Å². The van der Waals surface area contributed by atoms with Gasteiger partial charge in [0.2, 0.25) is 11.8 Å². The lowest BCUT2D eigenvalue weighted by Crippen LogP contribution is -2.13. The largest absolute Gasteiger partial charge is 0.478 e. The lowest BCUT2D eigenvalue weighted by Gasteiger charge is -2.29. The number of hydrogen-bond acceptors (Lipinski definition) is 2. The summed E-state index contributed by atoms with van der Waals surface area (Å²) in [7, 11) is 0. The predicted octanol–water partition coefficient (Wildman–Crippen LogP) is 9.48. The molecule has 1 heterocycles. The van der Waals surface area contributed by atoms with Crippen molar-refractivity contribution < 1.29 is 9.13 Å². The fourth-order valence-corrected chi connectivity index (χ4v) is 5.17. The molecule has 0 unspecified atom stereocenters. The van der Waals surface area contributed by atoms with E-state index in [1.54, 1.807) is 12.1 Å². The van der Waals surface area contributed by atoms with E-state index in [0.717, 1.165) is 24.3 Å². The molecule has 0 radical (unpaired) electrons. The summed E-state index contributed by atoms with van der Waals surface area (Å²) in [4.78, 5) is 4.06. The third kappa shape index (κ3) is 8.43. The summed E-state index contributed by atoms with van der Waals surface area (Å²) in [6.07, 6.45) is 18.0. The van der Waals surface area contributed by atoms with Crippen molar-refractivity contribution in [1.82, 2.24) is 4.98 Å². The van der Waals surface area contributed by atoms with E-state index >= 15 is 0 Å². The van der Waals surface area contributed by atoms with E-state index in [1.165, 1.54) is 82.6 Å². The van der Waals surface area contributed by atoms with Gasteiger partial charge in [0.05, 0.1) is 6.61 Å². The van der Waals surface area contributed by atoms with Gasteiger partial charge >= 0.3 is 0 Å². The summed E-state index contributed by atoms with van der Waals surface area (Å²) in [6, 6.07) is 12.1. The van der Waals surface area contributed by atoms with Crippen LogP contribution >= 0.6 is 0 Å². The second-order valence-electron chi connectivity index (χ2n) is 9.94. The molecule has 3 rings (SSSR count). The van der Waals surface area contributed by atoms with Crippen molar-refractivity contribution in [2.75, 3.05) is 6.61 Å². The van der Waals surface area contributed by atoms with Crippen LogP contribution in [0.1, 0.15) is 115 Å². The summed E-state index contributed by atoms with van der Waals surface area (Å²) in [6.45, 7) is 5.11. The molecule has 1 aliphatic carbocycles. The van der Waals surface area contributed by atoms with Crippen LogP contribution in [0.15, 0.2) is 36.4 Å². The molecule has 1 fully saturated rings. The normalized spacial score (nSPS) is 18.4. The zero-order valence-electron chi connectivity index (χ0n) is 21.0. The maximum Gasteiger partial charge on any atom is 0.224 e. The number of aromatic nitrogens is 1. The van der Waals surface area contributed by atoms with Gasteiger partial charge in [0.1, 0.15) is 0 Å². The van der Waals surface area contributed by atoms with Gasteiger partial charge in [0.15, 0.2) is 0 Å². The zero-order chi connectivity index (χ0) is 23.3. The van der Waals surface area contributed by atoms with Crippen LogP contribution in [-0.4, -0.2) is 11.6 Å². The Morgan fingerprint density at radius 2 is 1.45 bits per heavy atom. The highest BCUT2D eigenvalue weighted by atomic mass is 19.1. The lowest BCUT2D eigenvalue weighted by atomic mass is 9.77. The van der Waals surface area contributed by atoms with Gasteiger partial charge in [-0.2, -0.15) is 9.37 Å². The molecule has 0 N–H and O–H groups in total. The van der Waals surface area contributed by atoms with E-state index in [2.05, 4.69) is 43.1 Å². The smallest absolute Gasteiger partial charge is 0.224 e. The highest BCUT2D eigenvalue weighted by Gasteiger charge is 2.22. The third-order valence-electron chi connectivity index (χ3n) is 7.33. The molecule has 0 atom stereocenters. The Labute approximate surface area is 201 Å². The first-order valence-electron chi connectivity index (χ1n) is 13.6. The monoisotopic (exact) mass is 453 g/mol. The van der Waals surface area contributed by atoms with E-state index in [9.17, 15) is 4.39 Å². The Hall–Kier alpha value is -1.90. The number of unbranched alkanes of at least 4 members (excludes halogenated alkanes) is 7. The minimum atomic E-state index is -0.448. The fourth-order valence-electron chi connectivity index (χ4n) is 5.17. The molecule has 0 saturated heterocycles. The summed E-state index contributed by atoms with van der Waals surface area (Å²) in [5.74, 6) is 1.52. The molecule has 0 bridgehead atoms. The van der Waals surface area contributed by atoms with E-state index in [4.69, 9.17) is 4.74 Å². The van der Waals surface area contributed by atoms with Gasteiger partial charge < -0.3 is 4.74 Å². The Kier molecular flexibility index (Phi) is 11.2. The van der Waals surface area contributed by atoms with Crippen molar-refractivity contribution in [1.29, 1.82) is 0 Å². The zero-order valence-corrected chi connectivity index (χ0v) is 21.0. The van der Waals surface area contributed by atoms with E-state index < -0.39 is 5.95 Å². The van der Waals surface area contributed by atoms with Crippen LogP contribution < -0.4 is 4.74 Å². The summed E-state index contributed by atoms with van der Waals surface area (Å²) in [5.41, 5.74) is 2.84. The molecule has 0 amide bonds. The average Bonchev–Trinajstić information content (AvgIpc) is 2.84. The van der Waals surface area contributed by atoms with Crippen LogP contribution in [0.5, 0.6) is 5.88 Å². The minimum Gasteiger partial charge on any atom is -0.478 e. The minimum absolute atomic E-state index is 0.386. The van der Waals surface area contributed by atoms with Gasteiger partial charge in [-0.15, -0.1) is 0 Å². The first-order chi connectivity index (χ1) is 16.2. The molecule has 2 aromatic rings. The highest BCUT2D eigenvalue weighted by molar-refractivity contribution is 5.63. The molecule has 182 valence electrons. The van der Waals surface area contributed by atoms with Crippen molar-refractivity contribution in [2.24, 2.45) is 5.92 Å². The van der Waals surface area contributed by atoms with E-state index in [1.807, 2.05) is 0 Å². The van der Waals surface area contributed by atoms with Gasteiger partial charge in [-0.25, -0.2) is 0 Å². The Morgan fingerprint density at radius 1 is 0.788 bits per heavy atom. The van der Waals surface area contributed by atoms with Gasteiger partial charge in [0.25, 0.3) is 0 Å². The van der Waals surface area contributed by atoms with Gasteiger partial charge in [-0.05, 0) is 61.1 Å². The molecule has 1 aliphatic rings. The molecule has 0 aliphatic heterocycles. The SMILES string of the molecule is CCCCCCCCOc1ccc(-c2ccc(C3CCC(CCCCC)CC3)cc2)c(F)n1. The number of halogens is 1. The Balaban J connectivity index is 1.46. The first kappa shape index (κ1) is 25.7. The Bertz CT molecular complexity index is 795. The number of nitrogens with zero attached hydrogens (tertiary/aromatic N) is 1. The van der Waals surface area contributed by atoms with Crippen molar-refractivity contribution in [2.45, 2.75) is 110 Å². The standard InChI is InChI=1S/C30H44FNO/c1-3-5-7-8-9-11-23-33-29-22-21-28(30(31)32-29)27-19-17-26(18-20-27)25-15-13-24(14-16-25)12-10-6-4-2/h17-22,24-25H,3-16,23H2,1-2H3. The van der Waals surface area contributed by atoms with Crippen molar-refractivity contribution in [3.05, 3.63) is 47.9 Å². The Morgan fingerprint density at radius 3 is 2.15 bits per heavy atom. The molecule has 2 nitrogen and oxygen atoms in total.